The molecule has 3 heteroatoms. The molecule has 1 aliphatic heterocycles. The first-order valence-corrected chi connectivity index (χ1v) is 7.53. The molecule has 3 nitrogen and oxygen atoms in total. The third-order valence-electron chi connectivity index (χ3n) is 4.44. The first-order valence-electron chi connectivity index (χ1n) is 7.53. The quantitative estimate of drug-likeness (QED) is 0.900. The summed E-state index contributed by atoms with van der Waals surface area (Å²) in [6.45, 7) is 7.20. The molecule has 0 aromatic heterocycles. The molecule has 1 aliphatic rings. The first-order chi connectivity index (χ1) is 9.62. The Morgan fingerprint density at radius 2 is 2.15 bits per heavy atom. The van der Waals surface area contributed by atoms with Gasteiger partial charge in [0.25, 0.3) is 0 Å². The molecule has 0 bridgehead atoms. The van der Waals surface area contributed by atoms with Crippen molar-refractivity contribution in [2.75, 3.05) is 11.9 Å². The molecule has 1 N–H and O–H groups in total. The lowest BCUT2D eigenvalue weighted by atomic mass is 9.85. The summed E-state index contributed by atoms with van der Waals surface area (Å²) in [5, 5.41) is 12.8. The molecule has 0 saturated carbocycles. The Kier molecular flexibility index (Phi) is 4.67. The molecule has 0 aliphatic carbocycles. The topological polar surface area (TPSA) is 45.0 Å². The molecular weight excluding hydrogens is 248 g/mol. The second kappa shape index (κ2) is 6.28. The van der Waals surface area contributed by atoms with Gasteiger partial charge in [0, 0.05) is 12.6 Å². The van der Waals surface area contributed by atoms with Gasteiger partial charge in [0.15, 0.2) is 0 Å². The van der Waals surface area contributed by atoms with Crippen molar-refractivity contribution in [2.24, 2.45) is 0 Å². The van der Waals surface area contributed by atoms with E-state index in [9.17, 15) is 5.26 Å². The Hall–Kier alpha value is -1.53. The normalized spacial score (nSPS) is 21.2. The van der Waals surface area contributed by atoms with Crippen LogP contribution >= 0.6 is 0 Å². The second-order valence-corrected chi connectivity index (χ2v) is 5.73. The molecule has 1 unspecified atom stereocenters. The molecule has 1 atom stereocenters. The van der Waals surface area contributed by atoms with Crippen LogP contribution < -0.4 is 5.32 Å². The van der Waals surface area contributed by atoms with E-state index in [2.05, 4.69) is 31.3 Å². The van der Waals surface area contributed by atoms with Crippen LogP contribution in [0.4, 0.5) is 5.69 Å². The first kappa shape index (κ1) is 14.9. The number of anilines is 1. The van der Waals surface area contributed by atoms with Crippen molar-refractivity contribution in [3.8, 4) is 6.07 Å². The van der Waals surface area contributed by atoms with Crippen molar-refractivity contribution in [1.82, 2.24) is 0 Å². The van der Waals surface area contributed by atoms with E-state index in [-0.39, 0.29) is 5.60 Å². The van der Waals surface area contributed by atoms with Crippen molar-refractivity contribution in [2.45, 2.75) is 58.1 Å². The lowest BCUT2D eigenvalue weighted by Gasteiger charge is -2.40. The maximum Gasteiger partial charge on any atom is 0.101 e. The predicted octanol–water partition coefficient (Wildman–Crippen LogP) is 4.02. The number of ether oxygens (including phenoxy) is 1. The molecule has 0 spiro atoms. The molecule has 20 heavy (non-hydrogen) atoms. The third kappa shape index (κ3) is 3.13. The van der Waals surface area contributed by atoms with E-state index >= 15 is 0 Å². The van der Waals surface area contributed by atoms with Crippen molar-refractivity contribution in [3.63, 3.8) is 0 Å². The van der Waals surface area contributed by atoms with E-state index in [1.807, 2.05) is 19.1 Å². The molecule has 1 aromatic carbocycles. The summed E-state index contributed by atoms with van der Waals surface area (Å²) < 4.78 is 6.00. The van der Waals surface area contributed by atoms with Gasteiger partial charge in [0.2, 0.25) is 0 Å². The van der Waals surface area contributed by atoms with Gasteiger partial charge in [-0.15, -0.1) is 0 Å². The van der Waals surface area contributed by atoms with Gasteiger partial charge in [0.05, 0.1) is 16.9 Å². The third-order valence-corrected chi connectivity index (χ3v) is 4.44. The van der Waals surface area contributed by atoms with Gasteiger partial charge in [-0.1, -0.05) is 19.9 Å². The fraction of sp³-hybridized carbons (Fsp3) is 0.588. The Balaban J connectivity index is 2.12. The molecule has 0 radical (unpaired) electrons. The van der Waals surface area contributed by atoms with Crippen LogP contribution in [0.3, 0.4) is 0 Å². The zero-order valence-electron chi connectivity index (χ0n) is 12.7. The average Bonchev–Trinajstić information content (AvgIpc) is 2.49. The number of hydrogen-bond acceptors (Lipinski definition) is 3. The van der Waals surface area contributed by atoms with Gasteiger partial charge in [-0.05, 0) is 50.3 Å². The van der Waals surface area contributed by atoms with E-state index in [4.69, 9.17) is 4.74 Å². The standard InChI is InChI=1S/C17H24N2O/c1-4-17(5-2)11-15(8-9-20-17)19-16-7-6-13(3)10-14(16)12-18/h6-7,10,15,19H,4-5,8-9,11H2,1-3H3. The van der Waals surface area contributed by atoms with Crippen LogP contribution in [-0.2, 0) is 4.74 Å². The van der Waals surface area contributed by atoms with Crippen molar-refractivity contribution in [3.05, 3.63) is 29.3 Å². The van der Waals surface area contributed by atoms with Crippen LogP contribution in [0, 0.1) is 18.3 Å². The summed E-state index contributed by atoms with van der Waals surface area (Å²) in [6, 6.07) is 8.68. The molecule has 2 rings (SSSR count). The lowest BCUT2D eigenvalue weighted by Crippen LogP contribution is -2.43. The highest BCUT2D eigenvalue weighted by molar-refractivity contribution is 5.59. The highest BCUT2D eigenvalue weighted by Crippen LogP contribution is 2.33. The zero-order chi connectivity index (χ0) is 14.6. The lowest BCUT2D eigenvalue weighted by molar-refractivity contribution is -0.0864. The summed E-state index contributed by atoms with van der Waals surface area (Å²) in [5.41, 5.74) is 2.81. The fourth-order valence-electron chi connectivity index (χ4n) is 2.99. The maximum atomic E-state index is 9.25. The SMILES string of the molecule is CCC1(CC)CC(Nc2ccc(C)cc2C#N)CCO1. The van der Waals surface area contributed by atoms with Crippen molar-refractivity contribution in [1.29, 1.82) is 5.26 Å². The maximum absolute atomic E-state index is 9.25. The fourth-order valence-corrected chi connectivity index (χ4v) is 2.99. The monoisotopic (exact) mass is 272 g/mol. The number of rotatable bonds is 4. The molecule has 1 saturated heterocycles. The minimum atomic E-state index is 0.00736. The molecule has 1 aromatic rings. The number of nitriles is 1. The number of nitrogens with zero attached hydrogens (tertiary/aromatic N) is 1. The molecule has 1 heterocycles. The number of benzene rings is 1. The van der Waals surface area contributed by atoms with E-state index in [0.29, 0.717) is 6.04 Å². The van der Waals surface area contributed by atoms with E-state index in [1.165, 1.54) is 0 Å². The van der Waals surface area contributed by atoms with Gasteiger partial charge in [-0.25, -0.2) is 0 Å². The molecule has 0 amide bonds. The van der Waals surface area contributed by atoms with E-state index < -0.39 is 0 Å². The van der Waals surface area contributed by atoms with Crippen molar-refractivity contribution >= 4 is 5.69 Å². The Labute approximate surface area is 121 Å². The Morgan fingerprint density at radius 1 is 1.40 bits per heavy atom. The summed E-state index contributed by atoms with van der Waals surface area (Å²) in [5.74, 6) is 0. The van der Waals surface area contributed by atoms with Crippen LogP contribution in [0.25, 0.3) is 0 Å². The van der Waals surface area contributed by atoms with Gasteiger partial charge in [-0.2, -0.15) is 5.26 Å². The van der Waals surface area contributed by atoms with Crippen molar-refractivity contribution < 1.29 is 4.74 Å². The number of aryl methyl sites for hydroxylation is 1. The largest absolute Gasteiger partial charge is 0.381 e. The molecular formula is C17H24N2O. The highest BCUT2D eigenvalue weighted by Gasteiger charge is 2.34. The van der Waals surface area contributed by atoms with E-state index in [1.54, 1.807) is 0 Å². The minimum absolute atomic E-state index is 0.00736. The van der Waals surface area contributed by atoms with Gasteiger partial charge in [-0.3, -0.25) is 0 Å². The summed E-state index contributed by atoms with van der Waals surface area (Å²) in [7, 11) is 0. The van der Waals surface area contributed by atoms with Crippen LogP contribution in [0.2, 0.25) is 0 Å². The number of nitrogens with one attached hydrogen (secondary N) is 1. The Morgan fingerprint density at radius 3 is 2.80 bits per heavy atom. The van der Waals surface area contributed by atoms with Crippen LogP contribution in [0.15, 0.2) is 18.2 Å². The van der Waals surface area contributed by atoms with Gasteiger partial charge in [0.1, 0.15) is 6.07 Å². The zero-order valence-corrected chi connectivity index (χ0v) is 12.7. The molecule has 1 fully saturated rings. The summed E-state index contributed by atoms with van der Waals surface area (Å²) in [4.78, 5) is 0. The van der Waals surface area contributed by atoms with E-state index in [0.717, 1.165) is 49.1 Å². The second-order valence-electron chi connectivity index (χ2n) is 5.73. The molecule has 108 valence electrons. The van der Waals surface area contributed by atoms with Crippen LogP contribution in [0.1, 0.15) is 50.7 Å². The van der Waals surface area contributed by atoms with Gasteiger partial charge >= 0.3 is 0 Å². The summed E-state index contributed by atoms with van der Waals surface area (Å²) in [6.07, 6.45) is 4.10. The predicted molar refractivity (Wildman–Crippen MR) is 81.8 cm³/mol. The van der Waals surface area contributed by atoms with Crippen LogP contribution in [0.5, 0.6) is 0 Å². The van der Waals surface area contributed by atoms with Crippen LogP contribution in [-0.4, -0.2) is 18.2 Å². The highest BCUT2D eigenvalue weighted by atomic mass is 16.5. The van der Waals surface area contributed by atoms with Gasteiger partial charge < -0.3 is 10.1 Å². The summed E-state index contributed by atoms with van der Waals surface area (Å²) >= 11 is 0. The number of hydrogen-bond donors (Lipinski definition) is 1. The minimum Gasteiger partial charge on any atom is -0.381 e. The Bertz CT molecular complexity index is 500. The average molecular weight is 272 g/mol. The smallest absolute Gasteiger partial charge is 0.101 e.